The van der Waals surface area contributed by atoms with Gasteiger partial charge in [0.05, 0.1) is 18.2 Å². The second-order valence-electron chi connectivity index (χ2n) is 9.10. The number of rotatable bonds is 5. The molecule has 7 nitrogen and oxygen atoms in total. The lowest BCUT2D eigenvalue weighted by Crippen LogP contribution is -2.35. The average molecular weight is 539 g/mol. The molecule has 0 bridgehead atoms. The van der Waals surface area contributed by atoms with Crippen LogP contribution in [-0.4, -0.2) is 34.4 Å². The molecule has 2 N–H and O–H groups in total. The van der Waals surface area contributed by atoms with Crippen LogP contribution in [-0.2, 0) is 17.6 Å². The minimum absolute atomic E-state index is 0.122. The first-order chi connectivity index (χ1) is 17.2. The number of halogens is 3. The zero-order valence-electron chi connectivity index (χ0n) is 19.6. The lowest BCUT2D eigenvalue weighted by molar-refractivity contribution is -0.173. The van der Waals surface area contributed by atoms with Gasteiger partial charge in [0.2, 0.25) is 0 Å². The van der Waals surface area contributed by atoms with Gasteiger partial charge in [0.25, 0.3) is 5.91 Å². The van der Waals surface area contributed by atoms with Crippen LogP contribution in [0.15, 0.2) is 23.6 Å². The molecule has 0 radical (unpaired) electrons. The Labute approximate surface area is 213 Å². The maximum absolute atomic E-state index is 13.9. The van der Waals surface area contributed by atoms with Crippen molar-refractivity contribution < 1.29 is 27.5 Å². The highest BCUT2D eigenvalue weighted by molar-refractivity contribution is 7.17. The molecule has 1 amide bonds. The molecule has 0 aromatic carbocycles. The van der Waals surface area contributed by atoms with Gasteiger partial charge in [-0.25, -0.2) is 9.48 Å². The van der Waals surface area contributed by atoms with Gasteiger partial charge in [-0.15, -0.1) is 22.7 Å². The molecule has 0 fully saturated rings. The van der Waals surface area contributed by atoms with Crippen molar-refractivity contribution in [2.45, 2.75) is 57.8 Å². The summed E-state index contributed by atoms with van der Waals surface area (Å²) in [4.78, 5) is 27.7. The van der Waals surface area contributed by atoms with Crippen LogP contribution < -0.4 is 10.6 Å². The number of hydrogen-bond donors (Lipinski definition) is 2. The van der Waals surface area contributed by atoms with Crippen molar-refractivity contribution >= 4 is 45.4 Å². The topological polar surface area (TPSA) is 85.2 Å². The average Bonchev–Trinajstić information content (AvgIpc) is 3.55. The number of nitrogens with one attached hydrogen (secondary N) is 2. The summed E-state index contributed by atoms with van der Waals surface area (Å²) in [7, 11) is 0. The summed E-state index contributed by atoms with van der Waals surface area (Å²) in [6.45, 7) is 4.03. The minimum Gasteiger partial charge on any atom is -0.462 e. The minimum atomic E-state index is -4.54. The van der Waals surface area contributed by atoms with E-state index in [9.17, 15) is 22.8 Å². The number of amides is 1. The summed E-state index contributed by atoms with van der Waals surface area (Å²) >= 11 is 2.69. The molecule has 1 aliphatic carbocycles. The summed E-state index contributed by atoms with van der Waals surface area (Å²) in [5, 5.41) is 12.0. The molecule has 0 saturated carbocycles. The first-order valence-corrected chi connectivity index (χ1v) is 13.4. The Morgan fingerprint density at radius 1 is 1.36 bits per heavy atom. The van der Waals surface area contributed by atoms with Crippen molar-refractivity contribution in [3.8, 4) is 0 Å². The van der Waals surface area contributed by atoms with E-state index in [2.05, 4.69) is 22.7 Å². The molecule has 192 valence electrons. The summed E-state index contributed by atoms with van der Waals surface area (Å²) in [6, 6.07) is 2.49. The summed E-state index contributed by atoms with van der Waals surface area (Å²) in [5.41, 5.74) is 1.06. The normalized spacial score (nSPS) is 21.3. The highest BCUT2D eigenvalue weighted by Crippen LogP contribution is 2.45. The van der Waals surface area contributed by atoms with Gasteiger partial charge in [-0.3, -0.25) is 4.79 Å². The third kappa shape index (κ3) is 4.63. The highest BCUT2D eigenvalue weighted by atomic mass is 32.1. The SMILES string of the molecule is CCOC(=O)c1c(NC(=O)c2cc3n(n2)[C@@H](C(F)(F)F)C[C@@H](c2cccs2)N3)sc2c1CC[C@@H](C)C2. The van der Waals surface area contributed by atoms with Crippen LogP contribution in [0.3, 0.4) is 0 Å². The molecule has 2 aliphatic rings. The Balaban J connectivity index is 1.46. The van der Waals surface area contributed by atoms with Gasteiger partial charge in [0, 0.05) is 22.2 Å². The lowest BCUT2D eigenvalue weighted by Gasteiger charge is -2.32. The Morgan fingerprint density at radius 3 is 2.86 bits per heavy atom. The largest absolute Gasteiger partial charge is 0.462 e. The van der Waals surface area contributed by atoms with Crippen molar-refractivity contribution in [1.29, 1.82) is 0 Å². The van der Waals surface area contributed by atoms with Gasteiger partial charge in [0.1, 0.15) is 10.8 Å². The number of hydrogen-bond acceptors (Lipinski definition) is 7. The number of fused-ring (bicyclic) bond motifs is 2. The number of carbonyl (C=O) groups is 2. The second kappa shape index (κ2) is 9.55. The molecule has 36 heavy (non-hydrogen) atoms. The Kier molecular flexibility index (Phi) is 6.58. The van der Waals surface area contributed by atoms with E-state index in [-0.39, 0.29) is 24.5 Å². The van der Waals surface area contributed by atoms with E-state index in [0.717, 1.165) is 32.8 Å². The van der Waals surface area contributed by atoms with E-state index in [1.165, 1.54) is 28.7 Å². The maximum atomic E-state index is 13.9. The Morgan fingerprint density at radius 2 is 2.17 bits per heavy atom. The van der Waals surface area contributed by atoms with Gasteiger partial charge in [-0.1, -0.05) is 13.0 Å². The molecule has 0 saturated heterocycles. The van der Waals surface area contributed by atoms with Crippen LogP contribution in [0.4, 0.5) is 24.0 Å². The van der Waals surface area contributed by atoms with Crippen molar-refractivity contribution in [3.05, 3.63) is 50.2 Å². The predicted octanol–water partition coefficient (Wildman–Crippen LogP) is 6.22. The van der Waals surface area contributed by atoms with E-state index >= 15 is 0 Å². The Bertz CT molecular complexity index is 1280. The van der Waals surface area contributed by atoms with Crippen molar-refractivity contribution in [2.75, 3.05) is 17.2 Å². The summed E-state index contributed by atoms with van der Waals surface area (Å²) < 4.78 is 47.9. The number of alkyl halides is 3. The van der Waals surface area contributed by atoms with Crippen LogP contribution in [0.25, 0.3) is 0 Å². The number of carbonyl (C=O) groups excluding carboxylic acids is 2. The molecule has 3 atom stereocenters. The molecule has 4 heterocycles. The molecular weight excluding hydrogens is 513 g/mol. The van der Waals surface area contributed by atoms with E-state index in [1.54, 1.807) is 19.1 Å². The van der Waals surface area contributed by atoms with Gasteiger partial charge >= 0.3 is 12.1 Å². The molecule has 3 aromatic heterocycles. The van der Waals surface area contributed by atoms with Gasteiger partial charge in [0.15, 0.2) is 11.7 Å². The third-order valence-electron chi connectivity index (χ3n) is 6.53. The third-order valence-corrected chi connectivity index (χ3v) is 8.68. The van der Waals surface area contributed by atoms with Gasteiger partial charge < -0.3 is 15.4 Å². The number of nitrogens with zero attached hydrogens (tertiary/aromatic N) is 2. The molecule has 5 rings (SSSR count). The molecule has 3 aromatic rings. The zero-order chi connectivity index (χ0) is 25.6. The van der Waals surface area contributed by atoms with Crippen LogP contribution in [0.2, 0.25) is 0 Å². The molecule has 1 aliphatic heterocycles. The van der Waals surface area contributed by atoms with E-state index in [1.807, 2.05) is 5.38 Å². The van der Waals surface area contributed by atoms with E-state index < -0.39 is 30.1 Å². The number of aromatic nitrogens is 2. The number of esters is 1. The quantitative estimate of drug-likeness (QED) is 0.377. The number of ether oxygens (including phenoxy) is 1. The van der Waals surface area contributed by atoms with Crippen LogP contribution in [0, 0.1) is 5.92 Å². The van der Waals surface area contributed by atoms with Crippen LogP contribution >= 0.6 is 22.7 Å². The number of thiophene rings is 2. The van der Waals surface area contributed by atoms with Crippen molar-refractivity contribution in [3.63, 3.8) is 0 Å². The van der Waals surface area contributed by atoms with E-state index in [0.29, 0.717) is 22.9 Å². The maximum Gasteiger partial charge on any atom is 0.410 e. The first-order valence-electron chi connectivity index (χ1n) is 11.7. The smallest absolute Gasteiger partial charge is 0.410 e. The fourth-order valence-electron chi connectivity index (χ4n) is 4.79. The Hall–Kier alpha value is -2.86. The summed E-state index contributed by atoms with van der Waals surface area (Å²) in [5.74, 6) is -0.612. The van der Waals surface area contributed by atoms with E-state index in [4.69, 9.17) is 4.74 Å². The fourth-order valence-corrected chi connectivity index (χ4v) is 6.97. The van der Waals surface area contributed by atoms with Crippen molar-refractivity contribution in [1.82, 2.24) is 9.78 Å². The highest BCUT2D eigenvalue weighted by Gasteiger charge is 2.47. The molecule has 0 spiro atoms. The second-order valence-corrected chi connectivity index (χ2v) is 11.2. The molecule has 0 unspecified atom stereocenters. The van der Waals surface area contributed by atoms with Crippen LogP contribution in [0.5, 0.6) is 0 Å². The standard InChI is InChI=1S/C24H25F3N4O3S2/c1-3-34-23(33)20-13-7-6-12(2)9-17(13)36-22(20)29-21(32)15-11-19-28-14(16-5-4-8-35-16)10-18(24(25,26)27)31(19)30-15/h4-5,8,11-12,14,18,28H,3,6-7,9-10H2,1-2H3,(H,29,32)/t12-,14+,18-/m1/s1. The fraction of sp³-hybridized carbons (Fsp3) is 0.458. The first kappa shape index (κ1) is 24.8. The number of anilines is 2. The predicted molar refractivity (Wildman–Crippen MR) is 132 cm³/mol. The molecular formula is C24H25F3N4O3S2. The monoisotopic (exact) mass is 538 g/mol. The zero-order valence-corrected chi connectivity index (χ0v) is 21.3. The van der Waals surface area contributed by atoms with Gasteiger partial charge in [-0.2, -0.15) is 18.3 Å². The molecule has 12 heteroatoms. The van der Waals surface area contributed by atoms with Gasteiger partial charge in [-0.05, 0) is 49.1 Å². The summed E-state index contributed by atoms with van der Waals surface area (Å²) in [6.07, 6.45) is -2.35. The van der Waals surface area contributed by atoms with Crippen LogP contribution in [0.1, 0.15) is 74.9 Å². The van der Waals surface area contributed by atoms with Crippen molar-refractivity contribution in [2.24, 2.45) is 5.92 Å². The lowest BCUT2D eigenvalue weighted by atomic mass is 9.88.